The van der Waals surface area contributed by atoms with Crippen LogP contribution < -0.4 is 10.6 Å². The molecule has 2 aromatic rings. The third kappa shape index (κ3) is 3.75. The number of nitrogens with one attached hydrogen (secondary N) is 2. The molecule has 1 aliphatic rings. The number of fused-ring (bicyclic) bond motifs is 1. The zero-order valence-corrected chi connectivity index (χ0v) is 14.9. The van der Waals surface area contributed by atoms with E-state index in [1.165, 1.54) is 11.3 Å². The summed E-state index contributed by atoms with van der Waals surface area (Å²) in [7, 11) is 2.04. The van der Waals surface area contributed by atoms with Gasteiger partial charge >= 0.3 is 11.8 Å². The number of carbonyl (C=O) groups excluding carboxylic acids is 2. The van der Waals surface area contributed by atoms with E-state index in [-0.39, 0.29) is 0 Å². The lowest BCUT2D eigenvalue weighted by Crippen LogP contribution is -2.29. The van der Waals surface area contributed by atoms with Gasteiger partial charge in [-0.25, -0.2) is 4.98 Å². The number of halogens is 1. The summed E-state index contributed by atoms with van der Waals surface area (Å²) in [6, 6.07) is 5.09. The molecule has 0 fully saturated rings. The standard InChI is InChI=1S/C16H17ClN4O2S/c1-9-3-4-10(7-11(9)17)18-14(22)15(23)20-16-19-12-5-6-21(2)8-13(12)24-16/h3-4,7H,5-6,8H2,1-2H3,(H,18,22)(H,19,20,23). The van der Waals surface area contributed by atoms with Crippen molar-refractivity contribution in [1.29, 1.82) is 0 Å². The third-order valence-corrected chi connectivity index (χ3v) is 5.18. The number of likely N-dealkylation sites (N-methyl/N-ethyl adjacent to an activating group) is 1. The van der Waals surface area contributed by atoms with Crippen LogP contribution in [0.2, 0.25) is 5.02 Å². The van der Waals surface area contributed by atoms with Gasteiger partial charge in [0, 0.05) is 35.1 Å². The number of benzene rings is 1. The van der Waals surface area contributed by atoms with E-state index in [9.17, 15) is 9.59 Å². The van der Waals surface area contributed by atoms with Crippen LogP contribution in [0.15, 0.2) is 18.2 Å². The highest BCUT2D eigenvalue weighted by atomic mass is 35.5. The Labute approximate surface area is 148 Å². The Morgan fingerprint density at radius 3 is 2.79 bits per heavy atom. The molecule has 1 aromatic heterocycles. The van der Waals surface area contributed by atoms with Crippen molar-refractivity contribution in [2.45, 2.75) is 19.9 Å². The van der Waals surface area contributed by atoms with Crippen LogP contribution in [-0.4, -0.2) is 35.3 Å². The van der Waals surface area contributed by atoms with Crippen LogP contribution in [0.3, 0.4) is 0 Å². The minimum absolute atomic E-state index is 0.456. The Bertz CT molecular complexity index is 805. The number of aromatic nitrogens is 1. The van der Waals surface area contributed by atoms with Gasteiger partial charge in [0.15, 0.2) is 5.13 Å². The lowest BCUT2D eigenvalue weighted by Gasteiger charge is -2.20. The number of anilines is 2. The Morgan fingerprint density at radius 1 is 1.29 bits per heavy atom. The monoisotopic (exact) mass is 364 g/mol. The van der Waals surface area contributed by atoms with Crippen LogP contribution in [0.1, 0.15) is 16.1 Å². The number of amides is 2. The molecule has 8 heteroatoms. The zero-order valence-electron chi connectivity index (χ0n) is 13.4. The number of hydrogen-bond acceptors (Lipinski definition) is 5. The molecular formula is C16H17ClN4O2S. The van der Waals surface area contributed by atoms with Gasteiger partial charge in [0.25, 0.3) is 0 Å². The molecule has 1 aliphatic heterocycles. The zero-order chi connectivity index (χ0) is 17.3. The minimum Gasteiger partial charge on any atom is -0.318 e. The van der Waals surface area contributed by atoms with Gasteiger partial charge in [0.05, 0.1) is 5.69 Å². The maximum Gasteiger partial charge on any atom is 0.315 e. The molecule has 0 saturated heterocycles. The first-order valence-corrected chi connectivity index (χ1v) is 8.67. The second-order valence-electron chi connectivity index (χ2n) is 5.75. The van der Waals surface area contributed by atoms with E-state index in [4.69, 9.17) is 11.6 Å². The van der Waals surface area contributed by atoms with Crippen molar-refractivity contribution in [2.24, 2.45) is 0 Å². The number of aryl methyl sites for hydroxylation is 1. The predicted octanol–water partition coefficient (Wildman–Crippen LogP) is 2.67. The summed E-state index contributed by atoms with van der Waals surface area (Å²) in [4.78, 5) is 31.8. The molecule has 2 heterocycles. The van der Waals surface area contributed by atoms with Gasteiger partial charge < -0.3 is 10.2 Å². The van der Waals surface area contributed by atoms with Gasteiger partial charge in [-0.1, -0.05) is 17.7 Å². The molecule has 0 bridgehead atoms. The lowest BCUT2D eigenvalue weighted by molar-refractivity contribution is -0.132. The molecule has 2 amide bonds. The molecule has 0 spiro atoms. The fourth-order valence-electron chi connectivity index (χ4n) is 2.39. The van der Waals surface area contributed by atoms with Gasteiger partial charge in [-0.05, 0) is 31.7 Å². The Hall–Kier alpha value is -1.96. The summed E-state index contributed by atoms with van der Waals surface area (Å²) < 4.78 is 0. The van der Waals surface area contributed by atoms with Crippen LogP contribution in [0, 0.1) is 6.92 Å². The quantitative estimate of drug-likeness (QED) is 0.803. The summed E-state index contributed by atoms with van der Waals surface area (Å²) in [6.45, 7) is 3.62. The normalized spacial score (nSPS) is 14.1. The molecule has 126 valence electrons. The van der Waals surface area contributed by atoms with Gasteiger partial charge in [-0.15, -0.1) is 11.3 Å². The smallest absolute Gasteiger partial charge is 0.315 e. The number of carbonyl (C=O) groups is 2. The van der Waals surface area contributed by atoms with Crippen LogP contribution in [-0.2, 0) is 22.6 Å². The molecule has 24 heavy (non-hydrogen) atoms. The van der Waals surface area contributed by atoms with Crippen molar-refractivity contribution in [2.75, 3.05) is 24.2 Å². The first-order valence-electron chi connectivity index (χ1n) is 7.48. The molecule has 0 radical (unpaired) electrons. The largest absolute Gasteiger partial charge is 0.318 e. The van der Waals surface area contributed by atoms with Crippen LogP contribution >= 0.6 is 22.9 Å². The van der Waals surface area contributed by atoms with E-state index >= 15 is 0 Å². The number of hydrogen-bond donors (Lipinski definition) is 2. The van der Waals surface area contributed by atoms with Crippen molar-refractivity contribution in [1.82, 2.24) is 9.88 Å². The topological polar surface area (TPSA) is 74.3 Å². The second kappa shape index (κ2) is 6.88. The van der Waals surface area contributed by atoms with Crippen molar-refractivity contribution in [3.8, 4) is 0 Å². The summed E-state index contributed by atoms with van der Waals surface area (Å²) in [5.41, 5.74) is 2.38. The second-order valence-corrected chi connectivity index (χ2v) is 7.24. The van der Waals surface area contributed by atoms with E-state index in [2.05, 4.69) is 20.5 Å². The summed E-state index contributed by atoms with van der Waals surface area (Å²) >= 11 is 7.42. The molecular weight excluding hydrogens is 348 g/mol. The average Bonchev–Trinajstić information content (AvgIpc) is 2.92. The Balaban J connectivity index is 1.64. The van der Waals surface area contributed by atoms with E-state index in [1.807, 2.05) is 14.0 Å². The number of thiazole rings is 1. The fourth-order valence-corrected chi connectivity index (χ4v) is 3.65. The van der Waals surface area contributed by atoms with Gasteiger partial charge in [0.2, 0.25) is 0 Å². The van der Waals surface area contributed by atoms with Crippen molar-refractivity contribution >= 4 is 45.6 Å². The number of rotatable bonds is 2. The van der Waals surface area contributed by atoms with Crippen molar-refractivity contribution in [3.63, 3.8) is 0 Å². The predicted molar refractivity (Wildman–Crippen MR) is 95.6 cm³/mol. The van der Waals surface area contributed by atoms with E-state index in [0.717, 1.165) is 35.6 Å². The molecule has 3 rings (SSSR count). The van der Waals surface area contributed by atoms with Crippen molar-refractivity contribution in [3.05, 3.63) is 39.4 Å². The average molecular weight is 365 g/mol. The molecule has 6 nitrogen and oxygen atoms in total. The highest BCUT2D eigenvalue weighted by molar-refractivity contribution is 7.16. The highest BCUT2D eigenvalue weighted by Crippen LogP contribution is 2.27. The van der Waals surface area contributed by atoms with E-state index in [1.54, 1.807) is 18.2 Å². The molecule has 0 atom stereocenters. The lowest BCUT2D eigenvalue weighted by atomic mass is 10.2. The molecule has 2 N–H and O–H groups in total. The third-order valence-electron chi connectivity index (χ3n) is 3.78. The molecule has 0 saturated carbocycles. The van der Waals surface area contributed by atoms with Gasteiger partial charge in [-0.3, -0.25) is 14.9 Å². The molecule has 0 aliphatic carbocycles. The highest BCUT2D eigenvalue weighted by Gasteiger charge is 2.21. The first-order chi connectivity index (χ1) is 11.4. The maximum absolute atomic E-state index is 12.0. The summed E-state index contributed by atoms with van der Waals surface area (Å²) in [6.07, 6.45) is 0.853. The van der Waals surface area contributed by atoms with Crippen molar-refractivity contribution < 1.29 is 9.59 Å². The summed E-state index contributed by atoms with van der Waals surface area (Å²) in [5.74, 6) is -1.49. The van der Waals surface area contributed by atoms with E-state index in [0.29, 0.717) is 15.8 Å². The van der Waals surface area contributed by atoms with Crippen LogP contribution in [0.4, 0.5) is 10.8 Å². The van der Waals surface area contributed by atoms with Gasteiger partial charge in [0.1, 0.15) is 0 Å². The van der Waals surface area contributed by atoms with E-state index < -0.39 is 11.8 Å². The molecule has 0 unspecified atom stereocenters. The SMILES string of the molecule is Cc1ccc(NC(=O)C(=O)Nc2nc3c(s2)CN(C)CC3)cc1Cl. The fraction of sp³-hybridized carbons (Fsp3) is 0.312. The van der Waals surface area contributed by atoms with Gasteiger partial charge in [-0.2, -0.15) is 0 Å². The Morgan fingerprint density at radius 2 is 2.04 bits per heavy atom. The Kier molecular flexibility index (Phi) is 4.84. The maximum atomic E-state index is 12.0. The van der Waals surface area contributed by atoms with Crippen LogP contribution in [0.25, 0.3) is 0 Å². The van der Waals surface area contributed by atoms with Crippen LogP contribution in [0.5, 0.6) is 0 Å². The minimum atomic E-state index is -0.750. The molecule has 1 aromatic carbocycles. The number of nitrogens with zero attached hydrogens (tertiary/aromatic N) is 2. The first kappa shape index (κ1) is 16.9. The summed E-state index contributed by atoms with van der Waals surface area (Å²) in [5, 5.41) is 6.09.